The van der Waals surface area contributed by atoms with E-state index in [0.717, 1.165) is 25.7 Å². The SMILES string of the molecule is CC1([O-])CCCCC1.[K+]. The molecular weight excluding hydrogens is 139 g/mol. The largest absolute Gasteiger partial charge is 1.00 e. The summed E-state index contributed by atoms with van der Waals surface area (Å²) < 4.78 is 0. The molecule has 0 amide bonds. The van der Waals surface area contributed by atoms with Crippen molar-refractivity contribution in [3.63, 3.8) is 0 Å². The van der Waals surface area contributed by atoms with Crippen molar-refractivity contribution in [3.8, 4) is 0 Å². The Labute approximate surface area is 99.6 Å². The standard InChI is InChI=1S/C7H13O.K/c1-7(8)5-3-2-4-6-7;/h2-6H2,1H3;/q-1;+1. The summed E-state index contributed by atoms with van der Waals surface area (Å²) in [6.07, 6.45) is 5.37. The summed E-state index contributed by atoms with van der Waals surface area (Å²) >= 11 is 0. The molecule has 0 aromatic carbocycles. The van der Waals surface area contributed by atoms with Crippen LogP contribution in [0.25, 0.3) is 0 Å². The van der Waals surface area contributed by atoms with Crippen molar-refractivity contribution in [1.82, 2.24) is 0 Å². The Morgan fingerprint density at radius 3 is 1.78 bits per heavy atom. The summed E-state index contributed by atoms with van der Waals surface area (Å²) in [6.45, 7) is 1.83. The Morgan fingerprint density at radius 1 is 1.11 bits per heavy atom. The van der Waals surface area contributed by atoms with Crippen LogP contribution in [0.5, 0.6) is 0 Å². The van der Waals surface area contributed by atoms with Crippen LogP contribution >= 0.6 is 0 Å². The van der Waals surface area contributed by atoms with Gasteiger partial charge in [0.25, 0.3) is 0 Å². The average molecular weight is 152 g/mol. The molecule has 0 bridgehead atoms. The van der Waals surface area contributed by atoms with Gasteiger partial charge in [-0.15, -0.1) is 5.60 Å². The molecule has 48 valence electrons. The van der Waals surface area contributed by atoms with Gasteiger partial charge >= 0.3 is 51.4 Å². The molecule has 1 aliphatic rings. The van der Waals surface area contributed by atoms with Crippen LogP contribution in [0.2, 0.25) is 0 Å². The molecular formula is C7H13KO. The van der Waals surface area contributed by atoms with Crippen LogP contribution in [0, 0.1) is 0 Å². The minimum absolute atomic E-state index is 0. The van der Waals surface area contributed by atoms with Crippen LogP contribution in [0.3, 0.4) is 0 Å². The van der Waals surface area contributed by atoms with Gasteiger partial charge in [0.15, 0.2) is 0 Å². The van der Waals surface area contributed by atoms with E-state index in [1.165, 1.54) is 6.42 Å². The quantitative estimate of drug-likeness (QED) is 0.371. The van der Waals surface area contributed by atoms with E-state index in [1.54, 1.807) is 0 Å². The molecule has 2 heteroatoms. The molecule has 0 N–H and O–H groups in total. The fourth-order valence-corrected chi connectivity index (χ4v) is 1.30. The summed E-state index contributed by atoms with van der Waals surface area (Å²) in [5.74, 6) is 0. The van der Waals surface area contributed by atoms with Crippen molar-refractivity contribution >= 4 is 0 Å². The summed E-state index contributed by atoms with van der Waals surface area (Å²) in [4.78, 5) is 0. The first-order valence-electron chi connectivity index (χ1n) is 3.41. The summed E-state index contributed by atoms with van der Waals surface area (Å²) in [6, 6.07) is 0. The van der Waals surface area contributed by atoms with E-state index >= 15 is 0 Å². The maximum atomic E-state index is 11.1. The van der Waals surface area contributed by atoms with Crippen molar-refractivity contribution in [2.24, 2.45) is 0 Å². The molecule has 1 rings (SSSR count). The molecule has 1 nitrogen and oxygen atoms in total. The molecule has 0 aromatic rings. The fraction of sp³-hybridized carbons (Fsp3) is 1.00. The third-order valence-electron chi connectivity index (χ3n) is 1.91. The number of hydrogen-bond acceptors (Lipinski definition) is 1. The van der Waals surface area contributed by atoms with Crippen molar-refractivity contribution in [2.75, 3.05) is 0 Å². The van der Waals surface area contributed by atoms with Gasteiger partial charge in [0.1, 0.15) is 0 Å². The normalized spacial score (nSPS) is 24.7. The molecule has 1 fully saturated rings. The summed E-state index contributed by atoms with van der Waals surface area (Å²) in [5, 5.41) is 11.1. The van der Waals surface area contributed by atoms with Gasteiger partial charge < -0.3 is 5.11 Å². The second-order valence-electron chi connectivity index (χ2n) is 3.01. The van der Waals surface area contributed by atoms with Crippen molar-refractivity contribution in [2.45, 2.75) is 44.6 Å². The van der Waals surface area contributed by atoms with E-state index in [-0.39, 0.29) is 51.4 Å². The van der Waals surface area contributed by atoms with Gasteiger partial charge in [0, 0.05) is 0 Å². The molecule has 0 radical (unpaired) electrons. The Bertz CT molecular complexity index is 73.0. The molecule has 0 unspecified atom stereocenters. The maximum Gasteiger partial charge on any atom is 1.00 e. The molecule has 9 heavy (non-hydrogen) atoms. The van der Waals surface area contributed by atoms with Crippen molar-refractivity contribution < 1.29 is 56.5 Å². The van der Waals surface area contributed by atoms with E-state index in [1.807, 2.05) is 6.92 Å². The van der Waals surface area contributed by atoms with Crippen molar-refractivity contribution in [1.29, 1.82) is 0 Å². The van der Waals surface area contributed by atoms with Gasteiger partial charge in [-0.2, -0.15) is 0 Å². The minimum atomic E-state index is -0.571. The third kappa shape index (κ3) is 4.12. The topological polar surface area (TPSA) is 23.1 Å². The first-order chi connectivity index (χ1) is 3.71. The van der Waals surface area contributed by atoms with E-state index in [9.17, 15) is 5.11 Å². The Hall–Kier alpha value is 1.60. The van der Waals surface area contributed by atoms with Gasteiger partial charge in [0.2, 0.25) is 0 Å². The van der Waals surface area contributed by atoms with Crippen LogP contribution in [0.1, 0.15) is 39.0 Å². The van der Waals surface area contributed by atoms with Crippen LogP contribution in [-0.2, 0) is 0 Å². The molecule has 0 heterocycles. The Kier molecular flexibility index (Phi) is 5.26. The molecule has 0 atom stereocenters. The van der Waals surface area contributed by atoms with Crippen LogP contribution < -0.4 is 56.5 Å². The van der Waals surface area contributed by atoms with Gasteiger partial charge in [-0.3, -0.25) is 0 Å². The maximum absolute atomic E-state index is 11.1. The average Bonchev–Trinajstić information content (AvgIpc) is 1.65. The first-order valence-corrected chi connectivity index (χ1v) is 3.41. The molecule has 0 aromatic heterocycles. The van der Waals surface area contributed by atoms with E-state index < -0.39 is 5.60 Å². The van der Waals surface area contributed by atoms with Crippen LogP contribution in [0.15, 0.2) is 0 Å². The van der Waals surface area contributed by atoms with Gasteiger partial charge in [0.05, 0.1) is 0 Å². The Morgan fingerprint density at radius 2 is 1.56 bits per heavy atom. The zero-order chi connectivity index (χ0) is 6.04. The van der Waals surface area contributed by atoms with Gasteiger partial charge in [-0.05, 0) is 0 Å². The number of hydrogen-bond donors (Lipinski definition) is 0. The second kappa shape index (κ2) is 4.47. The Balaban J connectivity index is 0.000000640. The summed E-state index contributed by atoms with van der Waals surface area (Å²) in [5.41, 5.74) is -0.571. The zero-order valence-electron chi connectivity index (χ0n) is 6.44. The smallest absolute Gasteiger partial charge is 0.850 e. The van der Waals surface area contributed by atoms with Gasteiger partial charge in [-0.25, -0.2) is 0 Å². The first kappa shape index (κ1) is 10.6. The van der Waals surface area contributed by atoms with Crippen LogP contribution in [-0.4, -0.2) is 5.60 Å². The van der Waals surface area contributed by atoms with Gasteiger partial charge in [-0.1, -0.05) is 39.0 Å². The molecule has 1 aliphatic carbocycles. The molecule has 0 spiro atoms. The van der Waals surface area contributed by atoms with E-state index in [0.29, 0.717) is 0 Å². The third-order valence-corrected chi connectivity index (χ3v) is 1.91. The van der Waals surface area contributed by atoms with E-state index in [2.05, 4.69) is 0 Å². The molecule has 0 saturated heterocycles. The predicted molar refractivity (Wildman–Crippen MR) is 31.5 cm³/mol. The number of rotatable bonds is 0. The fourth-order valence-electron chi connectivity index (χ4n) is 1.30. The monoisotopic (exact) mass is 152 g/mol. The van der Waals surface area contributed by atoms with Crippen LogP contribution in [0.4, 0.5) is 0 Å². The second-order valence-corrected chi connectivity index (χ2v) is 3.01. The minimum Gasteiger partial charge on any atom is -0.850 e. The summed E-state index contributed by atoms with van der Waals surface area (Å²) in [7, 11) is 0. The zero-order valence-corrected chi connectivity index (χ0v) is 9.57. The van der Waals surface area contributed by atoms with Crippen molar-refractivity contribution in [3.05, 3.63) is 0 Å². The predicted octanol–water partition coefficient (Wildman–Crippen LogP) is -1.93. The van der Waals surface area contributed by atoms with E-state index in [4.69, 9.17) is 0 Å². The molecule has 1 saturated carbocycles. The molecule has 0 aliphatic heterocycles.